The van der Waals surface area contributed by atoms with Gasteiger partial charge in [-0.1, -0.05) is 106 Å². The average Bonchev–Trinajstić information content (AvgIpc) is 3.10. The van der Waals surface area contributed by atoms with Crippen molar-refractivity contribution < 1.29 is 20.8 Å². The molecule has 0 bridgehead atoms. The van der Waals surface area contributed by atoms with Crippen LogP contribution in [0, 0.1) is 0 Å². The fourth-order valence-corrected chi connectivity index (χ4v) is 6.78. The molecule has 0 fully saturated rings. The second kappa shape index (κ2) is 12.1. The standard InChI is InChI=1S/C27H39Si2.2ClH.Zr/c1-9-11-20-15-22-14-13-21(12-10-2)27(26(22)16-20)23-17-24(28(3,4)5)19-25(18-23)29(6,7)8;;;/h13-19H,9-12H2,1-8H3;2*1H;/q-1;;;+2/p-2. The molecule has 3 rings (SSSR count). The predicted octanol–water partition coefficient (Wildman–Crippen LogP) is 8.60. The van der Waals surface area contributed by atoms with Crippen molar-refractivity contribution >= 4 is 54.3 Å². The monoisotopic (exact) mass is 579 g/mol. The first-order valence-corrected chi connectivity index (χ1v) is 25.1. The molecule has 0 heterocycles. The molecule has 0 saturated heterocycles. The molecule has 0 N–H and O–H groups in total. The van der Waals surface area contributed by atoms with Gasteiger partial charge in [0.15, 0.2) is 0 Å². The van der Waals surface area contributed by atoms with Crippen LogP contribution in [0.5, 0.6) is 0 Å². The molecule has 5 heteroatoms. The molecule has 3 aromatic carbocycles. The van der Waals surface area contributed by atoms with Crippen molar-refractivity contribution in [1.29, 1.82) is 0 Å². The van der Waals surface area contributed by atoms with Crippen molar-refractivity contribution in [3.05, 3.63) is 53.6 Å². The summed E-state index contributed by atoms with van der Waals surface area (Å²) in [6.07, 6.45) is 4.72. The second-order valence-corrected chi connectivity index (χ2v) is 24.7. The first kappa shape index (κ1) is 28.2. The first-order chi connectivity index (χ1) is 15.0. The van der Waals surface area contributed by atoms with Crippen LogP contribution in [0.25, 0.3) is 21.9 Å². The molecule has 0 aromatic heterocycles. The summed E-state index contributed by atoms with van der Waals surface area (Å²) in [6, 6.07) is 17.3. The van der Waals surface area contributed by atoms with Crippen LogP contribution in [0.2, 0.25) is 39.3 Å². The zero-order valence-corrected chi connectivity index (χ0v) is 27.1. The fraction of sp³-hybridized carbons (Fsp3) is 0.444. The van der Waals surface area contributed by atoms with Gasteiger partial charge in [0.25, 0.3) is 0 Å². The summed E-state index contributed by atoms with van der Waals surface area (Å²) in [5.74, 6) is 0. The zero-order chi connectivity index (χ0) is 24.1. The molecule has 0 unspecified atom stereocenters. The summed E-state index contributed by atoms with van der Waals surface area (Å²) in [6.45, 7) is 19.5. The van der Waals surface area contributed by atoms with E-state index in [1.54, 1.807) is 10.4 Å². The second-order valence-electron chi connectivity index (χ2n) is 10.8. The quantitative estimate of drug-likeness (QED) is 0.194. The van der Waals surface area contributed by atoms with Gasteiger partial charge in [0, 0.05) is 0 Å². The van der Waals surface area contributed by atoms with Crippen LogP contribution in [0.1, 0.15) is 37.8 Å². The SMILES string of the molecule is CCCc1cc2c(-c3cc([Si](C)(C)C)cc([Si](C)(C)C)c3)c(CCC)ccc2[cH-]1.[Cl][Zr][Cl]. The van der Waals surface area contributed by atoms with Crippen LogP contribution < -0.4 is 10.4 Å². The van der Waals surface area contributed by atoms with E-state index in [0.717, 1.165) is 6.42 Å². The Bertz CT molecular complexity index is 994. The van der Waals surface area contributed by atoms with E-state index >= 15 is 0 Å². The van der Waals surface area contributed by atoms with Crippen LogP contribution >= 0.6 is 17.0 Å². The molecule has 0 amide bonds. The molecular formula is C27H39Cl2Si2Zr-. The maximum absolute atomic E-state index is 4.93. The maximum atomic E-state index is 4.93. The molecule has 3 aromatic rings. The van der Waals surface area contributed by atoms with E-state index in [4.69, 9.17) is 17.0 Å². The van der Waals surface area contributed by atoms with Gasteiger partial charge in [-0.05, 0) is 18.4 Å². The van der Waals surface area contributed by atoms with Crippen LogP contribution in [0.4, 0.5) is 0 Å². The van der Waals surface area contributed by atoms with Gasteiger partial charge >= 0.3 is 37.9 Å². The third kappa shape index (κ3) is 7.22. The van der Waals surface area contributed by atoms with Gasteiger partial charge in [-0.3, -0.25) is 0 Å². The Morgan fingerprint density at radius 3 is 1.78 bits per heavy atom. The van der Waals surface area contributed by atoms with Crippen molar-refractivity contribution in [2.45, 2.75) is 78.8 Å². The van der Waals surface area contributed by atoms with Gasteiger partial charge in [-0.2, -0.15) is 6.07 Å². The molecule has 0 radical (unpaired) electrons. The first-order valence-electron chi connectivity index (χ1n) is 11.8. The Kier molecular flexibility index (Phi) is 10.6. The van der Waals surface area contributed by atoms with E-state index in [1.165, 1.54) is 52.3 Å². The molecule has 0 aliphatic heterocycles. The summed E-state index contributed by atoms with van der Waals surface area (Å²) in [7, 11) is 7.07. The van der Waals surface area contributed by atoms with Crippen molar-refractivity contribution in [3.8, 4) is 11.1 Å². The van der Waals surface area contributed by atoms with E-state index in [-0.39, 0.29) is 0 Å². The van der Waals surface area contributed by atoms with Crippen molar-refractivity contribution in [1.82, 2.24) is 0 Å². The van der Waals surface area contributed by atoms with Gasteiger partial charge < -0.3 is 0 Å². The van der Waals surface area contributed by atoms with E-state index in [1.807, 2.05) is 0 Å². The number of rotatable bonds is 7. The average molecular weight is 582 g/mol. The normalized spacial score (nSPS) is 11.9. The number of benzene rings is 2. The Balaban J connectivity index is 0.00000114. The van der Waals surface area contributed by atoms with E-state index in [9.17, 15) is 0 Å². The van der Waals surface area contributed by atoms with Crippen molar-refractivity contribution in [2.75, 3.05) is 0 Å². The molecule has 0 nitrogen and oxygen atoms in total. The Morgan fingerprint density at radius 2 is 1.31 bits per heavy atom. The molecular weight excluding hydrogens is 543 g/mol. The molecule has 0 atom stereocenters. The summed E-state index contributed by atoms with van der Waals surface area (Å²) in [5.41, 5.74) is 5.98. The van der Waals surface area contributed by atoms with E-state index < -0.39 is 37.0 Å². The van der Waals surface area contributed by atoms with Crippen molar-refractivity contribution in [2.24, 2.45) is 0 Å². The Hall–Kier alpha value is -0.0531. The molecule has 0 aliphatic carbocycles. The number of hydrogen-bond donors (Lipinski definition) is 0. The Morgan fingerprint density at radius 1 is 0.781 bits per heavy atom. The Labute approximate surface area is 217 Å². The summed E-state index contributed by atoms with van der Waals surface area (Å²) in [5, 5.41) is 6.09. The summed E-state index contributed by atoms with van der Waals surface area (Å²) >= 11 is -0.826. The molecule has 174 valence electrons. The summed E-state index contributed by atoms with van der Waals surface area (Å²) in [4.78, 5) is 0. The molecule has 0 spiro atoms. The predicted molar refractivity (Wildman–Crippen MR) is 151 cm³/mol. The van der Waals surface area contributed by atoms with E-state index in [0.29, 0.717) is 0 Å². The van der Waals surface area contributed by atoms with Gasteiger partial charge in [-0.25, -0.2) is 0 Å². The minimum absolute atomic E-state index is 0.826. The third-order valence-electron chi connectivity index (χ3n) is 6.05. The number of fused-ring (bicyclic) bond motifs is 1. The number of hydrogen-bond acceptors (Lipinski definition) is 0. The third-order valence-corrected chi connectivity index (χ3v) is 10.1. The summed E-state index contributed by atoms with van der Waals surface area (Å²) < 4.78 is 0. The van der Waals surface area contributed by atoms with Crippen LogP contribution in [-0.4, -0.2) is 16.1 Å². The molecule has 0 saturated carbocycles. The van der Waals surface area contributed by atoms with Crippen molar-refractivity contribution in [3.63, 3.8) is 0 Å². The van der Waals surface area contributed by atoms with Gasteiger partial charge in [0.2, 0.25) is 0 Å². The van der Waals surface area contributed by atoms with E-state index in [2.05, 4.69) is 95.6 Å². The van der Waals surface area contributed by atoms with Gasteiger partial charge in [-0.15, -0.1) is 34.5 Å². The molecule has 32 heavy (non-hydrogen) atoms. The topological polar surface area (TPSA) is 0 Å². The van der Waals surface area contributed by atoms with Gasteiger partial charge in [0.1, 0.15) is 0 Å². The van der Waals surface area contributed by atoms with Crippen LogP contribution in [0.3, 0.4) is 0 Å². The minimum atomic E-state index is -1.40. The zero-order valence-electron chi connectivity index (χ0n) is 21.1. The van der Waals surface area contributed by atoms with Gasteiger partial charge in [0.05, 0.1) is 16.1 Å². The molecule has 0 aliphatic rings. The fourth-order valence-electron chi connectivity index (χ4n) is 4.28. The van der Waals surface area contributed by atoms with Crippen LogP contribution in [-0.2, 0) is 33.7 Å². The van der Waals surface area contributed by atoms with Crippen LogP contribution in [0.15, 0.2) is 42.5 Å². The number of halogens is 2. The number of aryl methyl sites for hydroxylation is 2.